The zero-order chi connectivity index (χ0) is 43.8. The summed E-state index contributed by atoms with van der Waals surface area (Å²) in [7, 11) is 0. The summed E-state index contributed by atoms with van der Waals surface area (Å²) < 4.78 is 54.9. The number of aryl methyl sites for hydroxylation is 2. The van der Waals surface area contributed by atoms with Crippen molar-refractivity contribution in [2.45, 2.75) is 38.5 Å². The van der Waals surface area contributed by atoms with Crippen LogP contribution in [-0.2, 0) is 34.6 Å². The van der Waals surface area contributed by atoms with Crippen LogP contribution in [0.2, 0.25) is 0 Å². The van der Waals surface area contributed by atoms with Gasteiger partial charge in [-0.2, -0.15) is 12.2 Å². The molecule has 0 spiro atoms. The molecule has 0 heterocycles. The maximum Gasteiger partial charge on any atom is 4.00 e. The number of carbonyl (C=O) groups excluding carboxylic acids is 2. The van der Waals surface area contributed by atoms with E-state index >= 15 is 0 Å². The van der Waals surface area contributed by atoms with E-state index in [2.05, 4.69) is 24.3 Å². The molecule has 0 unspecified atom stereocenters. The predicted octanol–water partition coefficient (Wildman–Crippen LogP) is 12.7. The molecular formula is C54H46F4N2O2Ti. The van der Waals surface area contributed by atoms with Crippen LogP contribution < -0.4 is 9.80 Å². The van der Waals surface area contributed by atoms with Crippen molar-refractivity contribution in [1.29, 1.82) is 0 Å². The number of rotatable bonds is 12. The first-order valence-electron chi connectivity index (χ1n) is 20.3. The van der Waals surface area contributed by atoms with Gasteiger partial charge in [-0.1, -0.05) is 97.1 Å². The average molecular weight is 879 g/mol. The third-order valence-electron chi connectivity index (χ3n) is 9.35. The minimum absolute atomic E-state index is 0. The smallest absolute Gasteiger partial charge is 0.359 e. The van der Waals surface area contributed by atoms with Crippen LogP contribution in [0.1, 0.15) is 57.5 Å². The molecule has 0 fully saturated rings. The van der Waals surface area contributed by atoms with E-state index in [-0.39, 0.29) is 44.9 Å². The number of nitrogens with zero attached hydrogens (tertiary/aromatic N) is 2. The van der Waals surface area contributed by atoms with Crippen LogP contribution in [-0.4, -0.2) is 24.9 Å². The van der Waals surface area contributed by atoms with Crippen LogP contribution in [0, 0.1) is 47.6 Å². The Bertz CT molecular complexity index is 2220. The van der Waals surface area contributed by atoms with Gasteiger partial charge in [0, 0.05) is 47.5 Å². The molecule has 2 aliphatic rings. The first-order valence-corrected chi connectivity index (χ1v) is 20.3. The van der Waals surface area contributed by atoms with Gasteiger partial charge in [-0.05, 0) is 72.5 Å². The Kier molecular flexibility index (Phi) is 21.6. The van der Waals surface area contributed by atoms with Gasteiger partial charge in [0.25, 0.3) is 0 Å². The largest absolute Gasteiger partial charge is 4.00 e. The number of anilines is 2. The van der Waals surface area contributed by atoms with Crippen LogP contribution in [0.4, 0.5) is 28.9 Å². The Morgan fingerprint density at radius 1 is 0.476 bits per heavy atom. The molecule has 6 aromatic carbocycles. The van der Waals surface area contributed by atoms with Crippen LogP contribution in [0.5, 0.6) is 0 Å². The summed E-state index contributed by atoms with van der Waals surface area (Å²) in [6, 6.07) is 45.9. The SMILES string of the molecule is O=C(c1ccccc1)N(CCCc1ccccc1)c1ccc(F)[c-]c1F.O=C(c1ccccc1)N(CCCc1ccccc1)c1ccc(F)[c-]c1F.[C-]1=CC=CC1.[C-]1=CC=CC1.[Ti+4]. The van der Waals surface area contributed by atoms with Gasteiger partial charge in [0.05, 0.1) is 0 Å². The van der Waals surface area contributed by atoms with Gasteiger partial charge in [-0.3, -0.25) is 21.7 Å². The van der Waals surface area contributed by atoms with E-state index in [0.717, 1.165) is 48.9 Å². The van der Waals surface area contributed by atoms with Gasteiger partial charge in [-0.25, -0.2) is 41.9 Å². The maximum atomic E-state index is 14.2. The van der Waals surface area contributed by atoms with Gasteiger partial charge < -0.3 is 9.80 Å². The second kappa shape index (κ2) is 27.6. The van der Waals surface area contributed by atoms with Crippen molar-refractivity contribution in [3.63, 3.8) is 0 Å². The van der Waals surface area contributed by atoms with Gasteiger partial charge in [-0.15, -0.1) is 49.2 Å². The number of amides is 2. The van der Waals surface area contributed by atoms with E-state index in [0.29, 0.717) is 37.1 Å². The zero-order valence-corrected chi connectivity index (χ0v) is 36.3. The molecule has 316 valence electrons. The van der Waals surface area contributed by atoms with Crippen LogP contribution in [0.15, 0.2) is 182 Å². The summed E-state index contributed by atoms with van der Waals surface area (Å²) >= 11 is 0. The van der Waals surface area contributed by atoms with Crippen molar-refractivity contribution in [2.24, 2.45) is 0 Å². The number of hydrogen-bond acceptors (Lipinski definition) is 2. The Hall–Kier alpha value is -6.35. The zero-order valence-electron chi connectivity index (χ0n) is 34.7. The molecule has 0 saturated heterocycles. The Morgan fingerprint density at radius 3 is 1.11 bits per heavy atom. The van der Waals surface area contributed by atoms with Crippen molar-refractivity contribution < 1.29 is 48.9 Å². The summed E-state index contributed by atoms with van der Waals surface area (Å²) in [5.74, 6) is -3.96. The van der Waals surface area contributed by atoms with E-state index in [9.17, 15) is 27.2 Å². The van der Waals surface area contributed by atoms with Gasteiger partial charge in [0.15, 0.2) is 0 Å². The molecule has 4 nitrogen and oxygen atoms in total. The summed E-state index contributed by atoms with van der Waals surface area (Å²) in [4.78, 5) is 28.5. The molecule has 0 aliphatic heterocycles. The van der Waals surface area contributed by atoms with Crippen molar-refractivity contribution in [3.8, 4) is 0 Å². The molecule has 0 radical (unpaired) electrons. The molecule has 0 aromatic heterocycles. The fourth-order valence-electron chi connectivity index (χ4n) is 6.28. The minimum atomic E-state index is -0.867. The molecule has 0 bridgehead atoms. The van der Waals surface area contributed by atoms with Crippen LogP contribution >= 0.6 is 0 Å². The molecule has 9 heteroatoms. The molecule has 0 saturated carbocycles. The number of allylic oxidation sites excluding steroid dienone is 8. The first kappa shape index (κ1) is 49.3. The minimum Gasteiger partial charge on any atom is -0.359 e. The molecule has 0 atom stereocenters. The standard InChI is InChI=1S/2C22H18F2NO.2C5H5.Ti/c2*23-19-13-14-21(20(24)16-19)25(22(26)18-11-5-2-6-12-18)15-7-10-17-8-3-1-4-9-17;2*1-2-4-5-3-1;/h2*1-6,8-9,11-14H,7,10,15H2;2*1-3H,4H2;/q4*-1;+4. The summed E-state index contributed by atoms with van der Waals surface area (Å²) in [6.45, 7) is 0.637. The van der Waals surface area contributed by atoms with Crippen molar-refractivity contribution in [1.82, 2.24) is 0 Å². The number of hydrogen-bond donors (Lipinski definition) is 0. The Morgan fingerprint density at radius 2 is 0.825 bits per heavy atom. The summed E-state index contributed by atoms with van der Waals surface area (Å²) in [6.07, 6.45) is 22.8. The quantitative estimate of drug-likeness (QED) is 0.0698. The molecule has 2 amide bonds. The van der Waals surface area contributed by atoms with E-state index < -0.39 is 23.3 Å². The van der Waals surface area contributed by atoms with E-state index in [1.165, 1.54) is 21.9 Å². The number of benzene rings is 6. The molecule has 63 heavy (non-hydrogen) atoms. The van der Waals surface area contributed by atoms with Crippen molar-refractivity contribution in [3.05, 3.63) is 252 Å². The number of carbonyl (C=O) groups is 2. The van der Waals surface area contributed by atoms with Crippen molar-refractivity contribution in [2.75, 3.05) is 22.9 Å². The van der Waals surface area contributed by atoms with Gasteiger partial charge in [0.1, 0.15) is 0 Å². The average Bonchev–Trinajstić information content (AvgIpc) is 4.10. The van der Waals surface area contributed by atoms with Crippen molar-refractivity contribution >= 4 is 23.2 Å². The van der Waals surface area contributed by atoms with E-state index in [4.69, 9.17) is 0 Å². The Labute approximate surface area is 383 Å². The molecular weight excluding hydrogens is 832 g/mol. The Balaban J connectivity index is 0.000000223. The normalized spacial score (nSPS) is 11.5. The van der Waals surface area contributed by atoms with Crippen LogP contribution in [0.3, 0.4) is 0 Å². The summed E-state index contributed by atoms with van der Waals surface area (Å²) in [5, 5.41) is 0. The third kappa shape index (κ3) is 16.8. The summed E-state index contributed by atoms with van der Waals surface area (Å²) in [5.41, 5.74) is 3.27. The van der Waals surface area contributed by atoms with E-state index in [1.54, 1.807) is 48.5 Å². The molecule has 0 N–H and O–H groups in total. The van der Waals surface area contributed by atoms with Gasteiger partial charge in [0.2, 0.25) is 11.8 Å². The maximum absolute atomic E-state index is 14.2. The van der Waals surface area contributed by atoms with Gasteiger partial charge >= 0.3 is 21.7 Å². The number of halogens is 4. The molecule has 8 rings (SSSR count). The monoisotopic (exact) mass is 878 g/mol. The fourth-order valence-corrected chi connectivity index (χ4v) is 6.28. The van der Waals surface area contributed by atoms with E-state index in [1.807, 2.05) is 109 Å². The fraction of sp³-hybridized carbons (Fsp3) is 0.148. The first-order chi connectivity index (χ1) is 30.3. The molecule has 6 aromatic rings. The second-order valence-corrected chi connectivity index (χ2v) is 13.8. The topological polar surface area (TPSA) is 40.6 Å². The third-order valence-corrected chi connectivity index (χ3v) is 9.35. The molecule has 2 aliphatic carbocycles. The second-order valence-electron chi connectivity index (χ2n) is 13.8. The van der Waals surface area contributed by atoms with Crippen LogP contribution in [0.25, 0.3) is 0 Å². The predicted molar refractivity (Wildman–Crippen MR) is 239 cm³/mol.